The SMILES string of the molecule is CC(C)CN(c1ccc(C(C)OCC(=O)O)cc1Nc1nc2ccccc2[nH]1)C1CCCCC1. The maximum atomic E-state index is 11.0. The van der Waals surface area contributed by atoms with Crippen molar-refractivity contribution in [2.45, 2.75) is 65.0 Å². The molecule has 0 radical (unpaired) electrons. The molecule has 1 aliphatic rings. The first kappa shape index (κ1) is 24.1. The first-order valence-corrected chi connectivity index (χ1v) is 12.4. The van der Waals surface area contributed by atoms with Crippen LogP contribution in [-0.2, 0) is 9.53 Å². The van der Waals surface area contributed by atoms with Crippen molar-refractivity contribution in [1.29, 1.82) is 0 Å². The number of aromatic amines is 1. The monoisotopic (exact) mass is 464 g/mol. The molecule has 1 atom stereocenters. The molecule has 0 amide bonds. The highest BCUT2D eigenvalue weighted by atomic mass is 16.5. The molecule has 34 heavy (non-hydrogen) atoms. The molecule has 7 nitrogen and oxygen atoms in total. The van der Waals surface area contributed by atoms with Gasteiger partial charge in [-0.05, 0) is 55.5 Å². The number of carbonyl (C=O) groups is 1. The number of anilines is 3. The smallest absolute Gasteiger partial charge is 0.329 e. The number of carboxylic acids is 1. The molecule has 4 rings (SSSR count). The van der Waals surface area contributed by atoms with Crippen molar-refractivity contribution in [3.05, 3.63) is 48.0 Å². The summed E-state index contributed by atoms with van der Waals surface area (Å²) >= 11 is 0. The van der Waals surface area contributed by atoms with Crippen LogP contribution in [0.4, 0.5) is 17.3 Å². The van der Waals surface area contributed by atoms with Gasteiger partial charge in [0.1, 0.15) is 6.61 Å². The lowest BCUT2D eigenvalue weighted by Gasteiger charge is -2.38. The minimum absolute atomic E-state index is 0.323. The van der Waals surface area contributed by atoms with Crippen LogP contribution in [-0.4, -0.2) is 40.2 Å². The summed E-state index contributed by atoms with van der Waals surface area (Å²) < 4.78 is 5.56. The Morgan fingerprint density at radius 1 is 1.18 bits per heavy atom. The van der Waals surface area contributed by atoms with Crippen LogP contribution in [0.1, 0.15) is 64.5 Å². The van der Waals surface area contributed by atoms with Crippen molar-refractivity contribution in [2.24, 2.45) is 5.92 Å². The van der Waals surface area contributed by atoms with Gasteiger partial charge in [-0.3, -0.25) is 0 Å². The van der Waals surface area contributed by atoms with Crippen LogP contribution in [0.3, 0.4) is 0 Å². The van der Waals surface area contributed by atoms with E-state index >= 15 is 0 Å². The van der Waals surface area contributed by atoms with E-state index in [1.165, 1.54) is 32.1 Å². The summed E-state index contributed by atoms with van der Waals surface area (Å²) in [5.41, 5.74) is 4.92. The molecule has 3 N–H and O–H groups in total. The molecular weight excluding hydrogens is 428 g/mol. The molecule has 182 valence electrons. The average Bonchev–Trinajstić information content (AvgIpc) is 3.24. The Hall–Kier alpha value is -3.06. The Kier molecular flexibility index (Phi) is 7.73. The van der Waals surface area contributed by atoms with E-state index in [-0.39, 0.29) is 12.7 Å². The van der Waals surface area contributed by atoms with Gasteiger partial charge in [-0.2, -0.15) is 0 Å². The molecule has 1 heterocycles. The highest BCUT2D eigenvalue weighted by Gasteiger charge is 2.25. The second kappa shape index (κ2) is 10.9. The van der Waals surface area contributed by atoms with Crippen molar-refractivity contribution < 1.29 is 14.6 Å². The van der Waals surface area contributed by atoms with Crippen LogP contribution in [0, 0.1) is 5.92 Å². The number of aromatic nitrogens is 2. The quantitative estimate of drug-likeness (QED) is 0.328. The summed E-state index contributed by atoms with van der Waals surface area (Å²) in [7, 11) is 0. The number of fused-ring (bicyclic) bond motifs is 1. The molecule has 0 spiro atoms. The summed E-state index contributed by atoms with van der Waals surface area (Å²) in [6.45, 7) is 7.06. The van der Waals surface area contributed by atoms with Crippen molar-refractivity contribution in [2.75, 3.05) is 23.4 Å². The molecule has 1 aliphatic carbocycles. The molecule has 0 saturated heterocycles. The third-order valence-corrected chi connectivity index (χ3v) is 6.48. The van der Waals surface area contributed by atoms with Crippen molar-refractivity contribution in [1.82, 2.24) is 9.97 Å². The topological polar surface area (TPSA) is 90.5 Å². The zero-order chi connectivity index (χ0) is 24.1. The fourth-order valence-corrected chi connectivity index (χ4v) is 4.82. The maximum Gasteiger partial charge on any atom is 0.329 e. The highest BCUT2D eigenvalue weighted by Crippen LogP contribution is 2.37. The van der Waals surface area contributed by atoms with Crippen LogP contribution < -0.4 is 10.2 Å². The number of imidazole rings is 1. The fourth-order valence-electron chi connectivity index (χ4n) is 4.82. The van der Waals surface area contributed by atoms with Gasteiger partial charge in [-0.1, -0.05) is 51.3 Å². The normalized spacial score (nSPS) is 15.5. The predicted molar refractivity (Wildman–Crippen MR) is 137 cm³/mol. The van der Waals surface area contributed by atoms with Gasteiger partial charge in [0.2, 0.25) is 5.95 Å². The van der Waals surface area contributed by atoms with Crippen LogP contribution in [0.2, 0.25) is 0 Å². The van der Waals surface area contributed by atoms with Gasteiger partial charge in [0.05, 0.1) is 28.5 Å². The maximum absolute atomic E-state index is 11.0. The first-order valence-electron chi connectivity index (χ1n) is 12.4. The molecule has 2 aromatic carbocycles. The summed E-state index contributed by atoms with van der Waals surface area (Å²) in [4.78, 5) is 21.6. The van der Waals surface area contributed by atoms with Gasteiger partial charge < -0.3 is 25.0 Å². The molecule has 1 saturated carbocycles. The molecule has 1 unspecified atom stereocenters. The van der Waals surface area contributed by atoms with Gasteiger partial charge in [-0.15, -0.1) is 0 Å². The van der Waals surface area contributed by atoms with E-state index in [2.05, 4.69) is 47.2 Å². The number of para-hydroxylation sites is 2. The van der Waals surface area contributed by atoms with Crippen molar-refractivity contribution in [3.63, 3.8) is 0 Å². The third-order valence-electron chi connectivity index (χ3n) is 6.48. The van der Waals surface area contributed by atoms with Gasteiger partial charge in [0, 0.05) is 12.6 Å². The van der Waals surface area contributed by atoms with E-state index in [1.807, 2.05) is 31.2 Å². The van der Waals surface area contributed by atoms with Crippen molar-refractivity contribution >= 4 is 34.3 Å². The van der Waals surface area contributed by atoms with E-state index in [0.29, 0.717) is 17.9 Å². The summed E-state index contributed by atoms with van der Waals surface area (Å²) in [6, 6.07) is 14.8. The zero-order valence-corrected chi connectivity index (χ0v) is 20.4. The summed E-state index contributed by atoms with van der Waals surface area (Å²) in [6.07, 6.45) is 5.92. The van der Waals surface area contributed by atoms with E-state index in [0.717, 1.165) is 34.5 Å². The van der Waals surface area contributed by atoms with Gasteiger partial charge in [0.25, 0.3) is 0 Å². The number of carboxylic acid groups (broad SMARTS) is 1. The third kappa shape index (κ3) is 5.89. The molecule has 3 aromatic rings. The molecule has 7 heteroatoms. The average molecular weight is 465 g/mol. The Morgan fingerprint density at radius 2 is 1.94 bits per heavy atom. The number of nitrogens with zero attached hydrogens (tertiary/aromatic N) is 2. The first-order chi connectivity index (χ1) is 16.4. The standard InChI is InChI=1S/C27H36N4O3/c1-18(2)16-31(21-9-5-4-6-10-21)25-14-13-20(19(3)34-17-26(32)33)15-24(25)30-27-28-22-11-7-8-12-23(22)29-27/h7-8,11-15,18-19,21H,4-6,9-10,16-17H2,1-3H3,(H,32,33)(H2,28,29,30). The Morgan fingerprint density at radius 3 is 2.65 bits per heavy atom. The number of H-pyrrole nitrogens is 1. The van der Waals surface area contributed by atoms with E-state index < -0.39 is 5.97 Å². The number of hydrogen-bond acceptors (Lipinski definition) is 5. The van der Waals surface area contributed by atoms with Crippen molar-refractivity contribution in [3.8, 4) is 0 Å². The summed E-state index contributed by atoms with van der Waals surface area (Å²) in [5, 5.41) is 12.6. The zero-order valence-electron chi connectivity index (χ0n) is 20.4. The lowest BCUT2D eigenvalue weighted by Crippen LogP contribution is -2.39. The second-order valence-corrected chi connectivity index (χ2v) is 9.69. The number of ether oxygens (including phenoxy) is 1. The minimum atomic E-state index is -0.968. The lowest BCUT2D eigenvalue weighted by atomic mass is 9.92. The molecule has 1 aromatic heterocycles. The van der Waals surface area contributed by atoms with Crippen LogP contribution in [0.15, 0.2) is 42.5 Å². The minimum Gasteiger partial charge on any atom is -0.480 e. The largest absolute Gasteiger partial charge is 0.480 e. The number of rotatable bonds is 10. The van der Waals surface area contributed by atoms with E-state index in [9.17, 15) is 4.79 Å². The van der Waals surface area contributed by atoms with Gasteiger partial charge >= 0.3 is 5.97 Å². The Bertz CT molecular complexity index is 1070. The molecular formula is C27H36N4O3. The van der Waals surface area contributed by atoms with Crippen LogP contribution >= 0.6 is 0 Å². The number of aliphatic carboxylic acids is 1. The Labute approximate surface area is 201 Å². The molecule has 1 fully saturated rings. The number of nitrogens with one attached hydrogen (secondary N) is 2. The van der Waals surface area contributed by atoms with Gasteiger partial charge in [-0.25, -0.2) is 9.78 Å². The second-order valence-electron chi connectivity index (χ2n) is 9.69. The number of hydrogen-bond donors (Lipinski definition) is 3. The van der Waals surface area contributed by atoms with Crippen LogP contribution in [0.5, 0.6) is 0 Å². The van der Waals surface area contributed by atoms with Crippen LogP contribution in [0.25, 0.3) is 11.0 Å². The Balaban J connectivity index is 1.71. The number of benzene rings is 2. The van der Waals surface area contributed by atoms with E-state index in [4.69, 9.17) is 14.8 Å². The molecule has 0 aliphatic heterocycles. The lowest BCUT2D eigenvalue weighted by molar-refractivity contribution is -0.144. The van der Waals surface area contributed by atoms with Gasteiger partial charge in [0.15, 0.2) is 0 Å². The summed E-state index contributed by atoms with van der Waals surface area (Å²) in [5.74, 6) is 0.245. The highest BCUT2D eigenvalue weighted by molar-refractivity contribution is 5.81. The van der Waals surface area contributed by atoms with E-state index in [1.54, 1.807) is 0 Å². The fraction of sp³-hybridized carbons (Fsp3) is 0.481. The predicted octanol–water partition coefficient (Wildman–Crippen LogP) is 6.26. The molecule has 0 bridgehead atoms.